The Balaban J connectivity index is 1.27. The van der Waals surface area contributed by atoms with Gasteiger partial charge in [-0.1, -0.05) is 12.5 Å². The van der Waals surface area contributed by atoms with Gasteiger partial charge in [-0.2, -0.15) is 18.3 Å². The molecule has 2 atom stereocenters. The Labute approximate surface area is 279 Å². The van der Waals surface area contributed by atoms with E-state index < -0.39 is 24.0 Å². The van der Waals surface area contributed by atoms with Crippen molar-refractivity contribution >= 4 is 17.7 Å². The summed E-state index contributed by atoms with van der Waals surface area (Å²) < 4.78 is 57.9. The van der Waals surface area contributed by atoms with E-state index in [4.69, 9.17) is 5.10 Å². The van der Waals surface area contributed by atoms with E-state index >= 15 is 0 Å². The fraction of sp³-hybridized carbons (Fsp3) is 0.706. The highest BCUT2D eigenvalue weighted by Crippen LogP contribution is 2.40. The molecule has 0 aliphatic carbocycles. The molecule has 0 bridgehead atoms. The van der Waals surface area contributed by atoms with Crippen molar-refractivity contribution < 1.29 is 27.5 Å². The summed E-state index contributed by atoms with van der Waals surface area (Å²) in [7, 11) is 0. The number of carbonyl (C=O) groups is 1. The van der Waals surface area contributed by atoms with E-state index in [0.29, 0.717) is 82.1 Å². The molecule has 4 aliphatic heterocycles. The second-order valence-corrected chi connectivity index (χ2v) is 14.7. The maximum Gasteiger partial charge on any atom is 0.417 e. The normalized spacial score (nSPS) is 22.7. The molecular formula is C34H48F4N6O2S. The van der Waals surface area contributed by atoms with E-state index in [1.54, 1.807) is 6.07 Å². The van der Waals surface area contributed by atoms with Gasteiger partial charge in [0.1, 0.15) is 6.17 Å². The number of fused-ring (bicyclic) bond motifs is 1. The number of rotatable bonds is 10. The summed E-state index contributed by atoms with van der Waals surface area (Å²) in [6.07, 6.45) is 0.801. The molecule has 3 saturated heterocycles. The molecule has 1 amide bonds. The van der Waals surface area contributed by atoms with Crippen molar-refractivity contribution in [2.45, 2.75) is 87.8 Å². The molecule has 2 N–H and O–H groups in total. The smallest absolute Gasteiger partial charge is 0.390 e. The summed E-state index contributed by atoms with van der Waals surface area (Å²) in [6, 6.07) is 4.22. The zero-order chi connectivity index (χ0) is 33.0. The zero-order valence-electron chi connectivity index (χ0n) is 27.1. The van der Waals surface area contributed by atoms with Crippen LogP contribution in [0, 0.1) is 5.92 Å². The first-order valence-corrected chi connectivity index (χ1v) is 18.3. The number of carbonyl (C=O) groups excluding carboxylic acids is 1. The number of benzene rings is 1. The molecule has 13 heteroatoms. The van der Waals surface area contributed by atoms with Gasteiger partial charge < -0.3 is 25.1 Å². The molecule has 0 saturated carbocycles. The summed E-state index contributed by atoms with van der Waals surface area (Å²) >= 11 is 1.17. The third-order valence-electron chi connectivity index (χ3n) is 10.1. The standard InChI is InChI=1S/C34H48F4N6O2S/c35-26-8-14-41(15-9-26)17-18-47-31-19-24(6-7-29(31)34(36,37)38)32-28-23-43(33(46)25-5-4-11-39-20-25)16-10-30(28)44(40-32)22-27(45)21-42-12-2-1-3-13-42/h6-7,19,25-27,39,45H,1-5,8-18,20-23H2. The van der Waals surface area contributed by atoms with Gasteiger partial charge in [0.2, 0.25) is 5.91 Å². The number of halogens is 4. The Bertz CT molecular complexity index is 1350. The van der Waals surface area contributed by atoms with Gasteiger partial charge in [-0.15, -0.1) is 11.8 Å². The molecule has 47 heavy (non-hydrogen) atoms. The third kappa shape index (κ3) is 8.70. The van der Waals surface area contributed by atoms with Crippen LogP contribution in [0.5, 0.6) is 0 Å². The second-order valence-electron chi connectivity index (χ2n) is 13.6. The van der Waals surface area contributed by atoms with E-state index in [9.17, 15) is 27.5 Å². The van der Waals surface area contributed by atoms with Gasteiger partial charge in [0.05, 0.1) is 29.8 Å². The van der Waals surface area contributed by atoms with Gasteiger partial charge in [0, 0.05) is 79.7 Å². The maximum atomic E-state index is 14.2. The first-order valence-electron chi connectivity index (χ1n) is 17.3. The van der Waals surface area contributed by atoms with Gasteiger partial charge in [-0.05, 0) is 70.3 Å². The number of thioether (sulfide) groups is 1. The molecule has 0 spiro atoms. The first kappa shape index (κ1) is 34.7. The van der Waals surface area contributed by atoms with Crippen LogP contribution in [0.25, 0.3) is 11.3 Å². The second kappa shape index (κ2) is 15.6. The molecule has 0 radical (unpaired) electrons. The minimum Gasteiger partial charge on any atom is -0.390 e. The molecule has 1 aromatic heterocycles. The van der Waals surface area contributed by atoms with Crippen molar-refractivity contribution in [3.63, 3.8) is 0 Å². The molecule has 3 fully saturated rings. The molecule has 6 rings (SSSR count). The van der Waals surface area contributed by atoms with Gasteiger partial charge in [0.15, 0.2) is 0 Å². The van der Waals surface area contributed by atoms with Crippen molar-refractivity contribution in [3.05, 3.63) is 35.0 Å². The number of piperidine rings is 3. The van der Waals surface area contributed by atoms with E-state index in [-0.39, 0.29) is 23.3 Å². The van der Waals surface area contributed by atoms with Crippen LogP contribution in [0.4, 0.5) is 17.6 Å². The lowest BCUT2D eigenvalue weighted by Crippen LogP contribution is -2.45. The average Bonchev–Trinajstić information content (AvgIpc) is 3.42. The lowest BCUT2D eigenvalue weighted by Gasteiger charge is -2.33. The Hall–Kier alpha value is -2.19. The van der Waals surface area contributed by atoms with Crippen molar-refractivity contribution in [2.24, 2.45) is 5.92 Å². The number of likely N-dealkylation sites (tertiary alicyclic amines) is 2. The van der Waals surface area contributed by atoms with E-state index in [0.717, 1.165) is 62.6 Å². The number of hydrogen-bond donors (Lipinski definition) is 2. The number of nitrogens with one attached hydrogen (secondary N) is 1. The number of amides is 1. The minimum atomic E-state index is -4.51. The average molecular weight is 681 g/mol. The molecule has 8 nitrogen and oxygen atoms in total. The number of aromatic nitrogens is 2. The van der Waals surface area contributed by atoms with Crippen molar-refractivity contribution in [3.8, 4) is 11.3 Å². The van der Waals surface area contributed by atoms with Crippen molar-refractivity contribution in [1.29, 1.82) is 0 Å². The Morgan fingerprint density at radius 3 is 2.53 bits per heavy atom. The monoisotopic (exact) mass is 680 g/mol. The summed E-state index contributed by atoms with van der Waals surface area (Å²) in [5.41, 5.74) is 2.26. The Morgan fingerprint density at radius 1 is 1.02 bits per heavy atom. The summed E-state index contributed by atoms with van der Waals surface area (Å²) in [4.78, 5) is 20.0. The summed E-state index contributed by atoms with van der Waals surface area (Å²) in [6.45, 7) is 7.05. The SMILES string of the molecule is O=C(C1CCCNC1)N1CCc2c(c(-c3ccc(C(F)(F)F)c(SCCN4CCC(F)CC4)c3)nn2CC(O)CN2CCCCC2)C1. The maximum absolute atomic E-state index is 14.2. The van der Waals surface area contributed by atoms with Crippen LogP contribution in [0.3, 0.4) is 0 Å². The number of aliphatic hydroxyl groups excluding tert-OH is 1. The van der Waals surface area contributed by atoms with Gasteiger partial charge >= 0.3 is 6.18 Å². The number of aliphatic hydroxyl groups is 1. The van der Waals surface area contributed by atoms with Gasteiger partial charge in [-0.25, -0.2) is 4.39 Å². The van der Waals surface area contributed by atoms with Gasteiger partial charge in [-0.3, -0.25) is 9.48 Å². The predicted molar refractivity (Wildman–Crippen MR) is 175 cm³/mol. The highest BCUT2D eigenvalue weighted by atomic mass is 32.2. The lowest BCUT2D eigenvalue weighted by atomic mass is 9.95. The largest absolute Gasteiger partial charge is 0.417 e. The van der Waals surface area contributed by atoms with Crippen LogP contribution < -0.4 is 5.32 Å². The van der Waals surface area contributed by atoms with Crippen LogP contribution in [0.15, 0.2) is 23.1 Å². The molecule has 2 unspecified atom stereocenters. The zero-order valence-corrected chi connectivity index (χ0v) is 27.9. The van der Waals surface area contributed by atoms with Crippen LogP contribution in [-0.2, 0) is 30.5 Å². The van der Waals surface area contributed by atoms with Crippen LogP contribution in [-0.4, -0.2) is 112 Å². The molecule has 1 aromatic carbocycles. The minimum absolute atomic E-state index is 0.0834. The molecule has 5 heterocycles. The molecule has 4 aliphatic rings. The van der Waals surface area contributed by atoms with Gasteiger partial charge in [0.25, 0.3) is 0 Å². The molecule has 260 valence electrons. The van der Waals surface area contributed by atoms with Crippen molar-refractivity contribution in [2.75, 3.05) is 64.7 Å². The third-order valence-corrected chi connectivity index (χ3v) is 11.2. The Morgan fingerprint density at radius 2 is 1.81 bits per heavy atom. The number of β-amino-alcohol motifs (C(OH)–C–C–N with tert-alkyl or cyclic N) is 1. The summed E-state index contributed by atoms with van der Waals surface area (Å²) in [5.74, 6) is 0.475. The van der Waals surface area contributed by atoms with Crippen LogP contribution >= 0.6 is 11.8 Å². The fourth-order valence-electron chi connectivity index (χ4n) is 7.51. The van der Waals surface area contributed by atoms with E-state index in [1.165, 1.54) is 24.2 Å². The highest BCUT2D eigenvalue weighted by molar-refractivity contribution is 7.99. The fourth-order valence-corrected chi connectivity index (χ4v) is 8.63. The molecular weight excluding hydrogens is 632 g/mol. The Kier molecular flexibility index (Phi) is 11.5. The number of hydrogen-bond acceptors (Lipinski definition) is 7. The van der Waals surface area contributed by atoms with Crippen LogP contribution in [0.1, 0.15) is 61.8 Å². The van der Waals surface area contributed by atoms with Crippen molar-refractivity contribution in [1.82, 2.24) is 29.8 Å². The van der Waals surface area contributed by atoms with Crippen LogP contribution in [0.2, 0.25) is 0 Å². The number of nitrogens with zero attached hydrogens (tertiary/aromatic N) is 5. The predicted octanol–water partition coefficient (Wildman–Crippen LogP) is 4.83. The quantitative estimate of drug-likeness (QED) is 0.275. The lowest BCUT2D eigenvalue weighted by molar-refractivity contribution is -0.140. The summed E-state index contributed by atoms with van der Waals surface area (Å²) in [5, 5.41) is 19.4. The highest BCUT2D eigenvalue weighted by Gasteiger charge is 2.36. The first-order chi connectivity index (χ1) is 22.7. The van der Waals surface area contributed by atoms with E-state index in [1.807, 2.05) is 9.58 Å². The van der Waals surface area contributed by atoms with E-state index in [2.05, 4.69) is 15.1 Å². The molecule has 2 aromatic rings. The topological polar surface area (TPSA) is 76.9 Å². The number of alkyl halides is 4.